The lowest BCUT2D eigenvalue weighted by Gasteiger charge is -2.35. The summed E-state index contributed by atoms with van der Waals surface area (Å²) in [5.74, 6) is -3.88. The molecule has 88 heavy (non-hydrogen) atoms. The molecule has 0 spiro atoms. The number of aryl methyl sites for hydroxylation is 2. The fourth-order valence-corrected chi connectivity index (χ4v) is 11.8. The third-order valence-corrected chi connectivity index (χ3v) is 17.4. The molecule has 2 aromatic heterocycles. The number of β-amino-alcohol motifs (C(OH)–C–C–N with tert-alkyl or cyclic N) is 2. The second-order valence-electron chi connectivity index (χ2n) is 25.0. The summed E-state index contributed by atoms with van der Waals surface area (Å²) in [6.45, 7) is 19.1. The van der Waals surface area contributed by atoms with Crippen LogP contribution in [0, 0.1) is 24.7 Å². The summed E-state index contributed by atoms with van der Waals surface area (Å²) in [7, 11) is 0. The summed E-state index contributed by atoms with van der Waals surface area (Å²) in [6, 6.07) is 12.2. The molecule has 0 radical (unpaired) electrons. The Morgan fingerprint density at radius 2 is 0.886 bits per heavy atom. The van der Waals surface area contributed by atoms with Gasteiger partial charge in [0.05, 0.1) is 62.5 Å². The van der Waals surface area contributed by atoms with Crippen LogP contribution < -0.4 is 21.7 Å². The highest BCUT2D eigenvalue weighted by atomic mass is 35.5. The average molecular weight is 1280 g/mol. The minimum Gasteiger partial charge on any atom is -0.481 e. The molecule has 8 atom stereocenters. The van der Waals surface area contributed by atoms with Crippen LogP contribution in [0.2, 0.25) is 0 Å². The average Bonchev–Trinajstić information content (AvgIpc) is 3.95. The van der Waals surface area contributed by atoms with E-state index in [2.05, 4.69) is 25.9 Å². The molecule has 0 unspecified atom stereocenters. The predicted molar refractivity (Wildman–Crippen MR) is 344 cm³/mol. The highest BCUT2D eigenvalue weighted by molar-refractivity contribution is 7.13. The number of carbonyl (C=O) groups is 8. The van der Waals surface area contributed by atoms with Crippen molar-refractivity contribution >= 4 is 82.5 Å². The number of nitrogens with zero attached hydrogens (tertiary/aromatic N) is 4. The number of carbonyl (C=O) groups excluding carboxylic acids is 5. The van der Waals surface area contributed by atoms with E-state index in [1.165, 1.54) is 9.80 Å². The summed E-state index contributed by atoms with van der Waals surface area (Å²) in [5, 5.41) is 54.8. The summed E-state index contributed by atoms with van der Waals surface area (Å²) in [6.07, 6.45) is 7.41. The van der Waals surface area contributed by atoms with Crippen LogP contribution in [0.25, 0.3) is 20.9 Å². The lowest BCUT2D eigenvalue weighted by atomic mass is 9.85. The SMILES string of the molecule is Cc1ncsc1-c1ccc([C@H](C)NC(=O)[C@@H]2C[C@@H](O)CN2C(=O)[C@@H](N)C(C)(C)C)cc1.Cc1ncsc1-c1ccc([C@H](C)NC(=O)[C@@H]2C[C@@H](O)CN2C(=O)[C@@H](NC(=O)CCCCCCCC(=O)O)C(C)(C)C)cc1.Cl.O=C(O)CCCCCCCC(=O)O. The van der Waals surface area contributed by atoms with Crippen molar-refractivity contribution in [2.45, 2.75) is 220 Å². The summed E-state index contributed by atoms with van der Waals surface area (Å²) in [4.78, 5) is 110. The number of aliphatic carboxylic acids is 3. The third kappa shape index (κ3) is 24.5. The summed E-state index contributed by atoms with van der Waals surface area (Å²) < 4.78 is 0. The monoisotopic (exact) mass is 1280 g/mol. The van der Waals surface area contributed by atoms with Crippen LogP contribution in [0.1, 0.15) is 193 Å². The van der Waals surface area contributed by atoms with Crippen molar-refractivity contribution in [1.29, 1.82) is 0 Å². The number of hydrogen-bond donors (Lipinski definition) is 9. The van der Waals surface area contributed by atoms with Crippen LogP contribution in [0.4, 0.5) is 0 Å². The van der Waals surface area contributed by atoms with Gasteiger partial charge in [-0.15, -0.1) is 35.1 Å². The molecule has 2 fully saturated rings. The quantitative estimate of drug-likeness (QED) is 0.0251. The van der Waals surface area contributed by atoms with E-state index in [1.807, 2.05) is 129 Å². The van der Waals surface area contributed by atoms with Crippen LogP contribution >= 0.6 is 35.1 Å². The smallest absolute Gasteiger partial charge is 0.303 e. The fourth-order valence-electron chi connectivity index (χ4n) is 10.2. The molecule has 24 heteroatoms. The van der Waals surface area contributed by atoms with E-state index in [9.17, 15) is 48.6 Å². The number of aliphatic hydroxyl groups excluding tert-OH is 2. The molecule has 21 nitrogen and oxygen atoms in total. The van der Waals surface area contributed by atoms with E-state index in [0.717, 1.165) is 81.9 Å². The van der Waals surface area contributed by atoms with Gasteiger partial charge in [-0.05, 0) is 86.5 Å². The van der Waals surface area contributed by atoms with Gasteiger partial charge in [0, 0.05) is 51.6 Å². The molecule has 2 aliphatic heterocycles. The summed E-state index contributed by atoms with van der Waals surface area (Å²) in [5.41, 5.74) is 14.7. The molecule has 488 valence electrons. The van der Waals surface area contributed by atoms with Crippen molar-refractivity contribution in [3.8, 4) is 20.9 Å². The maximum Gasteiger partial charge on any atom is 0.303 e. The second kappa shape index (κ2) is 36.3. The topological polar surface area (TPSA) is 332 Å². The van der Waals surface area contributed by atoms with Gasteiger partial charge in [0.25, 0.3) is 0 Å². The number of carboxylic acid groups (broad SMARTS) is 3. The van der Waals surface area contributed by atoms with E-state index in [1.54, 1.807) is 22.7 Å². The number of nitrogens with one attached hydrogen (secondary N) is 3. The van der Waals surface area contributed by atoms with Gasteiger partial charge >= 0.3 is 17.9 Å². The predicted octanol–water partition coefficient (Wildman–Crippen LogP) is 9.54. The van der Waals surface area contributed by atoms with Gasteiger partial charge in [0.2, 0.25) is 29.5 Å². The van der Waals surface area contributed by atoms with E-state index in [4.69, 9.17) is 21.1 Å². The number of halogens is 1. The Bertz CT molecular complexity index is 2870. The fraction of sp³-hybridized carbons (Fsp3) is 0.594. The van der Waals surface area contributed by atoms with Crippen LogP contribution in [0.15, 0.2) is 59.6 Å². The lowest BCUT2D eigenvalue weighted by Crippen LogP contribution is -2.57. The largest absolute Gasteiger partial charge is 0.481 e. The number of aliphatic hydroxyl groups is 2. The van der Waals surface area contributed by atoms with Gasteiger partial charge in [-0.1, -0.05) is 129 Å². The number of benzene rings is 2. The molecular weight excluding hydrogens is 1190 g/mol. The van der Waals surface area contributed by atoms with Gasteiger partial charge in [0.15, 0.2) is 0 Å². The zero-order valence-electron chi connectivity index (χ0n) is 52.7. The molecule has 4 heterocycles. The molecule has 0 bridgehead atoms. The number of likely N-dealkylation sites (tertiary alicyclic amines) is 2. The standard InChI is InChI=1S/C32H46N4O6S.C23H32N4O3S.C9H16O4.ClH/c1-20(22-13-15-23(16-14-22)28-21(2)33-19-43-28)34-30(41)25-17-24(37)18-36(25)31(42)29(32(3,4)5)35-26(38)11-9-7-6-8-10-12-27(39)40;1-13(15-6-8-16(9-7-15)19-14(2)25-12-31-19)26-21(29)18-10-17(28)11-27(18)22(30)20(24)23(3,4)5;10-8(11)6-4-2-1-3-5-7-9(12)13;/h13-16,19-20,24-25,29,37H,6-12,17-18H2,1-5H3,(H,34,41)(H,35,38)(H,39,40);6-9,12-13,17-18,20,28H,10-11,24H2,1-5H3,(H,26,29);1-7H2,(H,10,11)(H,12,13);1H/t20-,24+,25-,29+;13-,17+,18-,20+;;/m00../s1. The number of rotatable bonds is 27. The molecule has 0 aliphatic carbocycles. The van der Waals surface area contributed by atoms with Crippen molar-refractivity contribution in [2.24, 2.45) is 16.6 Å². The molecule has 0 saturated carbocycles. The highest BCUT2D eigenvalue weighted by Gasteiger charge is 2.45. The third-order valence-electron chi connectivity index (χ3n) is 15.5. The molecule has 10 N–H and O–H groups in total. The van der Waals surface area contributed by atoms with E-state index < -0.39 is 65.1 Å². The number of hydrogen-bond acceptors (Lipinski definition) is 15. The number of aromatic nitrogens is 2. The minimum atomic E-state index is -0.865. The van der Waals surface area contributed by atoms with Crippen LogP contribution in [0.3, 0.4) is 0 Å². The van der Waals surface area contributed by atoms with E-state index >= 15 is 0 Å². The van der Waals surface area contributed by atoms with Gasteiger partial charge in [0.1, 0.15) is 18.1 Å². The zero-order valence-corrected chi connectivity index (χ0v) is 55.2. The lowest BCUT2D eigenvalue weighted by molar-refractivity contribution is -0.144. The Morgan fingerprint density at radius 3 is 1.20 bits per heavy atom. The minimum absolute atomic E-state index is 0. The van der Waals surface area contributed by atoms with Crippen LogP contribution in [-0.2, 0) is 38.4 Å². The second-order valence-corrected chi connectivity index (χ2v) is 26.7. The highest BCUT2D eigenvalue weighted by Crippen LogP contribution is 2.32. The Kier molecular flexibility index (Phi) is 31.3. The first-order valence-electron chi connectivity index (χ1n) is 30.2. The van der Waals surface area contributed by atoms with Crippen molar-refractivity contribution in [1.82, 2.24) is 35.7 Å². The Hall–Kier alpha value is -6.37. The Balaban J connectivity index is 0.000000391. The number of unbranched alkanes of at least 4 members (excludes halogenated alkanes) is 8. The maximum atomic E-state index is 13.8. The Morgan fingerprint density at radius 1 is 0.545 bits per heavy atom. The van der Waals surface area contributed by atoms with Crippen molar-refractivity contribution < 1.29 is 63.9 Å². The molecule has 4 aromatic rings. The van der Waals surface area contributed by atoms with E-state index in [0.29, 0.717) is 25.7 Å². The van der Waals surface area contributed by atoms with Gasteiger partial charge in [-0.25, -0.2) is 9.97 Å². The molecule has 2 aromatic carbocycles. The molecule has 2 aliphatic rings. The number of amides is 5. The molecule has 2 saturated heterocycles. The van der Waals surface area contributed by atoms with Gasteiger partial charge < -0.3 is 57.0 Å². The van der Waals surface area contributed by atoms with Gasteiger partial charge in [-0.2, -0.15) is 0 Å². The number of thiazole rings is 2. The van der Waals surface area contributed by atoms with Gasteiger partial charge in [-0.3, -0.25) is 38.4 Å². The van der Waals surface area contributed by atoms with Crippen molar-refractivity contribution in [3.05, 3.63) is 82.1 Å². The van der Waals surface area contributed by atoms with Crippen molar-refractivity contribution in [2.75, 3.05) is 13.1 Å². The Labute approximate surface area is 532 Å². The first kappa shape index (κ1) is 75.9. The summed E-state index contributed by atoms with van der Waals surface area (Å²) >= 11 is 3.18. The van der Waals surface area contributed by atoms with Crippen LogP contribution in [-0.4, -0.2) is 142 Å². The molecule has 5 amide bonds. The maximum absolute atomic E-state index is 13.8. The molecule has 6 rings (SSSR count). The number of carboxylic acids is 3. The zero-order chi connectivity index (χ0) is 64.8. The van der Waals surface area contributed by atoms with Crippen molar-refractivity contribution in [3.63, 3.8) is 0 Å². The van der Waals surface area contributed by atoms with Crippen LogP contribution in [0.5, 0.6) is 0 Å². The normalized spacial score (nSPS) is 17.8. The first-order chi connectivity index (χ1) is 40.9. The number of nitrogens with two attached hydrogens (primary N) is 1. The molecular formula is C64H95ClN8O13S2. The first-order valence-corrected chi connectivity index (χ1v) is 31.9. The van der Waals surface area contributed by atoms with E-state index in [-0.39, 0.29) is 106 Å².